The Hall–Kier alpha value is -1.13. The molecule has 0 aliphatic rings. The largest absolute Gasteiger partial charge is 0.347 e. The molecule has 2 nitrogen and oxygen atoms in total. The number of hydrogen-bond acceptors (Lipinski definition) is 2. The average molecular weight is 352 g/mol. The maximum absolute atomic E-state index is 12.1. The summed E-state index contributed by atoms with van der Waals surface area (Å²) in [4.78, 5) is 13.2. The molecule has 106 valence electrons. The van der Waals surface area contributed by atoms with Gasteiger partial charge in [0, 0.05) is 10.4 Å². The Kier molecular flexibility index (Phi) is 4.66. The highest BCUT2D eigenvalue weighted by Gasteiger charge is 2.14. The van der Waals surface area contributed by atoms with Gasteiger partial charge in [0.05, 0.1) is 10.3 Å². The summed E-state index contributed by atoms with van der Waals surface area (Å²) in [5, 5.41) is 2.94. The lowest BCUT2D eigenvalue weighted by Crippen LogP contribution is -2.22. The Bertz CT molecular complexity index is 596. The highest BCUT2D eigenvalue weighted by atomic mass is 79.9. The van der Waals surface area contributed by atoms with Gasteiger partial charge in [0.15, 0.2) is 0 Å². The second-order valence-corrected chi connectivity index (χ2v) is 8.26. The van der Waals surface area contributed by atoms with Gasteiger partial charge in [-0.05, 0) is 51.2 Å². The van der Waals surface area contributed by atoms with Crippen LogP contribution in [0.2, 0.25) is 0 Å². The van der Waals surface area contributed by atoms with Crippen molar-refractivity contribution >= 4 is 33.2 Å². The lowest BCUT2D eigenvalue weighted by molar-refractivity contribution is 0.0951. The fraction of sp³-hybridized carbons (Fsp3) is 0.312. The van der Waals surface area contributed by atoms with Gasteiger partial charge in [-0.25, -0.2) is 0 Å². The summed E-state index contributed by atoms with van der Waals surface area (Å²) >= 11 is 5.05. The minimum Gasteiger partial charge on any atom is -0.347 e. The first-order chi connectivity index (χ1) is 9.36. The lowest BCUT2D eigenvalue weighted by Gasteiger charge is -2.19. The van der Waals surface area contributed by atoms with Crippen LogP contribution < -0.4 is 5.32 Å². The first kappa shape index (κ1) is 15.3. The molecule has 0 aliphatic heterocycles. The smallest absolute Gasteiger partial charge is 0.251 e. The van der Waals surface area contributed by atoms with Gasteiger partial charge >= 0.3 is 0 Å². The minimum atomic E-state index is -0.0324. The maximum Gasteiger partial charge on any atom is 0.251 e. The molecule has 0 bridgehead atoms. The zero-order valence-electron chi connectivity index (χ0n) is 11.9. The molecule has 2 rings (SSSR count). The van der Waals surface area contributed by atoms with Gasteiger partial charge in [-0.1, -0.05) is 32.9 Å². The van der Waals surface area contributed by atoms with Crippen molar-refractivity contribution < 1.29 is 4.79 Å². The monoisotopic (exact) mass is 351 g/mol. The minimum absolute atomic E-state index is 0.0324. The van der Waals surface area contributed by atoms with E-state index in [1.54, 1.807) is 11.3 Å². The van der Waals surface area contributed by atoms with Crippen molar-refractivity contribution in [2.45, 2.75) is 32.7 Å². The van der Waals surface area contributed by atoms with E-state index in [4.69, 9.17) is 0 Å². The molecule has 1 aromatic carbocycles. The number of hydrogen-bond donors (Lipinski definition) is 1. The van der Waals surface area contributed by atoms with Crippen LogP contribution in [0.25, 0.3) is 0 Å². The summed E-state index contributed by atoms with van der Waals surface area (Å²) < 4.78 is 1.08. The zero-order chi connectivity index (χ0) is 14.8. The van der Waals surface area contributed by atoms with Crippen LogP contribution in [0.3, 0.4) is 0 Å². The third-order valence-corrected chi connectivity index (χ3v) is 4.69. The molecule has 1 heterocycles. The van der Waals surface area contributed by atoms with Crippen molar-refractivity contribution in [3.63, 3.8) is 0 Å². The first-order valence-corrected chi connectivity index (χ1v) is 8.10. The summed E-state index contributed by atoms with van der Waals surface area (Å²) in [6, 6.07) is 11.8. The number of amides is 1. The Morgan fingerprint density at radius 2 is 1.80 bits per heavy atom. The molecule has 20 heavy (non-hydrogen) atoms. The Labute approximate surface area is 132 Å². The number of rotatable bonds is 3. The van der Waals surface area contributed by atoms with Crippen LogP contribution in [0.15, 0.2) is 40.2 Å². The normalized spacial score (nSPS) is 11.4. The second kappa shape index (κ2) is 6.10. The summed E-state index contributed by atoms with van der Waals surface area (Å²) in [5.74, 6) is -0.0324. The molecule has 1 N–H and O–H groups in total. The molecule has 0 spiro atoms. The molecule has 0 radical (unpaired) electrons. The number of carbonyl (C=O) groups is 1. The first-order valence-electron chi connectivity index (χ1n) is 6.49. The fourth-order valence-electron chi connectivity index (χ4n) is 1.84. The van der Waals surface area contributed by atoms with E-state index in [0.29, 0.717) is 12.1 Å². The molecular weight excluding hydrogens is 334 g/mol. The van der Waals surface area contributed by atoms with E-state index in [1.807, 2.05) is 36.4 Å². The molecule has 2 aromatic rings. The van der Waals surface area contributed by atoms with Gasteiger partial charge in [-0.2, -0.15) is 0 Å². The molecule has 4 heteroatoms. The van der Waals surface area contributed by atoms with Crippen LogP contribution in [0.1, 0.15) is 41.6 Å². The Balaban J connectivity index is 1.99. The van der Waals surface area contributed by atoms with Crippen molar-refractivity contribution in [2.75, 3.05) is 0 Å². The predicted molar refractivity (Wildman–Crippen MR) is 88.3 cm³/mol. The number of nitrogens with one attached hydrogen (secondary N) is 1. The molecule has 0 aliphatic carbocycles. The molecule has 0 saturated carbocycles. The molecular formula is C16H18BrNOS. The van der Waals surface area contributed by atoms with Crippen molar-refractivity contribution in [1.29, 1.82) is 0 Å². The van der Waals surface area contributed by atoms with Crippen molar-refractivity contribution in [3.8, 4) is 0 Å². The van der Waals surface area contributed by atoms with Crippen molar-refractivity contribution in [2.24, 2.45) is 0 Å². The number of thiophene rings is 1. The van der Waals surface area contributed by atoms with E-state index in [0.717, 1.165) is 8.66 Å². The summed E-state index contributed by atoms with van der Waals surface area (Å²) in [7, 11) is 0. The van der Waals surface area contributed by atoms with E-state index in [-0.39, 0.29) is 11.3 Å². The molecule has 1 aromatic heterocycles. The van der Waals surface area contributed by atoms with Gasteiger partial charge in [0.1, 0.15) is 0 Å². The van der Waals surface area contributed by atoms with Crippen LogP contribution >= 0.6 is 27.3 Å². The van der Waals surface area contributed by atoms with E-state index >= 15 is 0 Å². The lowest BCUT2D eigenvalue weighted by atomic mass is 9.87. The quantitative estimate of drug-likeness (QED) is 0.850. The fourth-order valence-corrected chi connectivity index (χ4v) is 3.26. The maximum atomic E-state index is 12.1. The highest BCUT2D eigenvalue weighted by Crippen LogP contribution is 2.23. The average Bonchev–Trinajstić information content (AvgIpc) is 2.81. The zero-order valence-corrected chi connectivity index (χ0v) is 14.3. The van der Waals surface area contributed by atoms with Crippen molar-refractivity contribution in [3.05, 3.63) is 56.2 Å². The Morgan fingerprint density at radius 3 is 2.30 bits per heavy atom. The highest BCUT2D eigenvalue weighted by molar-refractivity contribution is 9.11. The molecule has 0 fully saturated rings. The third kappa shape index (κ3) is 3.93. The number of benzene rings is 1. The van der Waals surface area contributed by atoms with Gasteiger partial charge < -0.3 is 5.32 Å². The number of halogens is 1. The summed E-state index contributed by atoms with van der Waals surface area (Å²) in [6.07, 6.45) is 0. The molecule has 0 unspecified atom stereocenters. The van der Waals surface area contributed by atoms with Crippen LogP contribution in [0, 0.1) is 0 Å². The van der Waals surface area contributed by atoms with E-state index < -0.39 is 0 Å². The summed E-state index contributed by atoms with van der Waals surface area (Å²) in [6.45, 7) is 7.06. The number of carbonyl (C=O) groups excluding carboxylic acids is 1. The molecule has 1 amide bonds. The third-order valence-electron chi connectivity index (χ3n) is 3.07. The van der Waals surface area contributed by atoms with Crippen LogP contribution in [0.4, 0.5) is 0 Å². The molecule has 0 atom stereocenters. The summed E-state index contributed by atoms with van der Waals surface area (Å²) in [5.41, 5.74) is 2.04. The topological polar surface area (TPSA) is 29.1 Å². The van der Waals surface area contributed by atoms with Gasteiger partial charge in [-0.15, -0.1) is 11.3 Å². The predicted octanol–water partition coefficient (Wildman–Crippen LogP) is 4.74. The van der Waals surface area contributed by atoms with Gasteiger partial charge in [0.2, 0.25) is 0 Å². The van der Waals surface area contributed by atoms with Crippen LogP contribution in [-0.4, -0.2) is 5.91 Å². The Morgan fingerprint density at radius 1 is 1.15 bits per heavy atom. The van der Waals surface area contributed by atoms with Gasteiger partial charge in [-0.3, -0.25) is 4.79 Å². The van der Waals surface area contributed by atoms with Crippen LogP contribution in [0.5, 0.6) is 0 Å². The van der Waals surface area contributed by atoms with E-state index in [2.05, 4.69) is 42.0 Å². The second-order valence-electron chi connectivity index (χ2n) is 5.72. The van der Waals surface area contributed by atoms with Crippen LogP contribution in [-0.2, 0) is 12.0 Å². The van der Waals surface area contributed by atoms with E-state index in [9.17, 15) is 4.79 Å². The SMILES string of the molecule is CC(C)(C)c1ccc(C(=O)NCc2ccc(Br)s2)cc1. The van der Waals surface area contributed by atoms with Gasteiger partial charge in [0.25, 0.3) is 5.91 Å². The van der Waals surface area contributed by atoms with E-state index in [1.165, 1.54) is 5.56 Å². The van der Waals surface area contributed by atoms with Crippen molar-refractivity contribution in [1.82, 2.24) is 5.32 Å². The standard InChI is InChI=1S/C16H18BrNOS/c1-16(2,3)12-6-4-11(5-7-12)15(19)18-10-13-8-9-14(17)20-13/h4-9H,10H2,1-3H3,(H,18,19). The molecule has 0 saturated heterocycles.